The second-order valence-corrected chi connectivity index (χ2v) is 10.3. The van der Waals surface area contributed by atoms with E-state index in [0.717, 1.165) is 28.1 Å². The van der Waals surface area contributed by atoms with Crippen molar-refractivity contribution in [2.24, 2.45) is 5.10 Å². The number of sulfonamides is 1. The maximum Gasteiger partial charge on any atom is 0.276 e. The molecule has 0 radical (unpaired) electrons. The van der Waals surface area contributed by atoms with Crippen molar-refractivity contribution < 1.29 is 13.2 Å². The van der Waals surface area contributed by atoms with Crippen LogP contribution in [-0.4, -0.2) is 24.4 Å². The first-order valence-corrected chi connectivity index (χ1v) is 13.5. The molecule has 4 aromatic carbocycles. The molecular weight excluding hydrogens is 496 g/mol. The maximum absolute atomic E-state index is 12.7. The molecule has 8 heteroatoms. The maximum atomic E-state index is 12.7. The summed E-state index contributed by atoms with van der Waals surface area (Å²) in [5.41, 5.74) is 5.08. The van der Waals surface area contributed by atoms with Gasteiger partial charge in [-0.05, 0) is 61.0 Å². The lowest BCUT2D eigenvalue weighted by atomic mass is 10.1. The first-order chi connectivity index (χ1) is 18.5. The minimum absolute atomic E-state index is 0.145. The van der Waals surface area contributed by atoms with E-state index in [1.807, 2.05) is 98.0 Å². The van der Waals surface area contributed by atoms with E-state index in [0.29, 0.717) is 17.9 Å². The molecule has 38 heavy (non-hydrogen) atoms. The Balaban J connectivity index is 1.39. The van der Waals surface area contributed by atoms with Gasteiger partial charge in [0.2, 0.25) is 0 Å². The van der Waals surface area contributed by atoms with Crippen LogP contribution in [0.5, 0.6) is 5.75 Å². The molecule has 0 atom stereocenters. The summed E-state index contributed by atoms with van der Waals surface area (Å²) in [5.74, 6) is 0.737. The van der Waals surface area contributed by atoms with E-state index in [1.54, 1.807) is 28.9 Å². The fourth-order valence-electron chi connectivity index (χ4n) is 3.80. The van der Waals surface area contributed by atoms with Crippen LogP contribution in [0.1, 0.15) is 16.7 Å². The monoisotopic (exact) mass is 522 g/mol. The van der Waals surface area contributed by atoms with Gasteiger partial charge in [-0.2, -0.15) is 18.6 Å². The van der Waals surface area contributed by atoms with Crippen LogP contribution >= 0.6 is 0 Å². The number of hydrogen-bond donors (Lipinski definition) is 1. The highest BCUT2D eigenvalue weighted by Gasteiger charge is 2.14. The number of nitrogens with zero attached hydrogens (tertiary/aromatic N) is 3. The molecule has 190 valence electrons. The highest BCUT2D eigenvalue weighted by Crippen LogP contribution is 2.25. The first kappa shape index (κ1) is 25.0. The molecule has 0 saturated heterocycles. The van der Waals surface area contributed by atoms with Crippen molar-refractivity contribution in [3.8, 4) is 22.7 Å². The first-order valence-electron chi connectivity index (χ1n) is 12.0. The lowest BCUT2D eigenvalue weighted by Crippen LogP contribution is -2.18. The Morgan fingerprint density at radius 3 is 2.21 bits per heavy atom. The Morgan fingerprint density at radius 2 is 1.53 bits per heavy atom. The smallest absolute Gasteiger partial charge is 0.276 e. The van der Waals surface area contributed by atoms with Crippen LogP contribution in [0.25, 0.3) is 16.9 Å². The highest BCUT2D eigenvalue weighted by atomic mass is 32.2. The predicted octanol–water partition coefficient (Wildman–Crippen LogP) is 5.74. The van der Waals surface area contributed by atoms with Crippen molar-refractivity contribution in [2.45, 2.75) is 18.4 Å². The number of ether oxygens (including phenoxy) is 1. The van der Waals surface area contributed by atoms with Crippen molar-refractivity contribution in [2.75, 3.05) is 0 Å². The Morgan fingerprint density at radius 1 is 0.868 bits per heavy atom. The molecule has 5 rings (SSSR count). The van der Waals surface area contributed by atoms with Crippen molar-refractivity contribution in [1.82, 2.24) is 14.6 Å². The van der Waals surface area contributed by atoms with Crippen molar-refractivity contribution >= 4 is 16.2 Å². The van der Waals surface area contributed by atoms with Crippen LogP contribution in [0, 0.1) is 6.92 Å². The van der Waals surface area contributed by atoms with Gasteiger partial charge in [0.25, 0.3) is 10.0 Å². The average Bonchev–Trinajstić information content (AvgIpc) is 3.37. The number of hydrazone groups is 1. The molecule has 0 amide bonds. The summed E-state index contributed by atoms with van der Waals surface area (Å²) in [6.07, 6.45) is 3.28. The van der Waals surface area contributed by atoms with E-state index >= 15 is 0 Å². The van der Waals surface area contributed by atoms with E-state index < -0.39 is 10.0 Å². The number of aromatic nitrogens is 2. The fraction of sp³-hybridized carbons (Fsp3) is 0.0667. The van der Waals surface area contributed by atoms with Crippen LogP contribution in [0.3, 0.4) is 0 Å². The van der Waals surface area contributed by atoms with Crippen LogP contribution < -0.4 is 9.57 Å². The van der Waals surface area contributed by atoms with Gasteiger partial charge in [-0.15, -0.1) is 0 Å². The molecule has 1 heterocycles. The van der Waals surface area contributed by atoms with E-state index in [9.17, 15) is 8.42 Å². The van der Waals surface area contributed by atoms with Crippen LogP contribution in [0.4, 0.5) is 0 Å². The molecule has 0 aliphatic carbocycles. The molecule has 0 fully saturated rings. The van der Waals surface area contributed by atoms with E-state index in [4.69, 9.17) is 9.84 Å². The van der Waals surface area contributed by atoms with E-state index in [1.165, 1.54) is 6.21 Å². The highest BCUT2D eigenvalue weighted by molar-refractivity contribution is 7.89. The quantitative estimate of drug-likeness (QED) is 0.198. The van der Waals surface area contributed by atoms with Crippen LogP contribution in [0.15, 0.2) is 125 Å². The van der Waals surface area contributed by atoms with Gasteiger partial charge in [-0.3, -0.25) is 0 Å². The Labute approximate surface area is 222 Å². The molecule has 7 nitrogen and oxygen atoms in total. The molecule has 1 N–H and O–H groups in total. The van der Waals surface area contributed by atoms with Gasteiger partial charge in [0.1, 0.15) is 18.1 Å². The zero-order chi connectivity index (χ0) is 26.4. The molecular formula is C30H26N4O3S. The fourth-order valence-corrected chi connectivity index (χ4v) is 4.60. The van der Waals surface area contributed by atoms with Gasteiger partial charge in [-0.25, -0.2) is 9.51 Å². The summed E-state index contributed by atoms with van der Waals surface area (Å²) >= 11 is 0. The summed E-state index contributed by atoms with van der Waals surface area (Å²) in [6.45, 7) is 2.37. The van der Waals surface area contributed by atoms with E-state index in [-0.39, 0.29) is 4.90 Å². The minimum Gasteiger partial charge on any atom is -0.489 e. The normalized spacial score (nSPS) is 11.5. The van der Waals surface area contributed by atoms with Gasteiger partial charge in [0, 0.05) is 17.3 Å². The lowest BCUT2D eigenvalue weighted by Gasteiger charge is -2.07. The molecule has 1 aromatic heterocycles. The van der Waals surface area contributed by atoms with E-state index in [2.05, 4.69) is 9.93 Å². The van der Waals surface area contributed by atoms with Gasteiger partial charge in [0.15, 0.2) is 0 Å². The molecule has 0 bridgehead atoms. The third-order valence-electron chi connectivity index (χ3n) is 5.85. The molecule has 0 spiro atoms. The topological polar surface area (TPSA) is 85.6 Å². The summed E-state index contributed by atoms with van der Waals surface area (Å²) in [6, 6.07) is 33.9. The van der Waals surface area contributed by atoms with Crippen molar-refractivity contribution in [3.63, 3.8) is 0 Å². The van der Waals surface area contributed by atoms with Crippen molar-refractivity contribution in [1.29, 1.82) is 0 Å². The average molecular weight is 523 g/mol. The van der Waals surface area contributed by atoms with Crippen molar-refractivity contribution in [3.05, 3.63) is 132 Å². The predicted molar refractivity (Wildman–Crippen MR) is 149 cm³/mol. The van der Waals surface area contributed by atoms with Gasteiger partial charge < -0.3 is 4.74 Å². The summed E-state index contributed by atoms with van der Waals surface area (Å²) in [5, 5.41) is 8.81. The number of nitrogens with one attached hydrogen (secondary N) is 1. The third kappa shape index (κ3) is 5.99. The van der Waals surface area contributed by atoms with Gasteiger partial charge in [-0.1, -0.05) is 66.2 Å². The summed E-state index contributed by atoms with van der Waals surface area (Å²) in [4.78, 5) is 2.44. The SMILES string of the molecule is Cc1ccc(S(=O)(=O)NN=Cc2cn(-c3ccccc3)nc2-c2ccc(OCc3ccccc3)cc2)cc1. The minimum atomic E-state index is -3.80. The molecule has 0 aliphatic rings. The van der Waals surface area contributed by atoms with Gasteiger partial charge in [0.05, 0.1) is 16.8 Å². The summed E-state index contributed by atoms with van der Waals surface area (Å²) in [7, 11) is -3.80. The van der Waals surface area contributed by atoms with Crippen LogP contribution in [-0.2, 0) is 16.6 Å². The Bertz CT molecular complexity index is 1630. The molecule has 0 saturated carbocycles. The zero-order valence-electron chi connectivity index (χ0n) is 20.7. The zero-order valence-corrected chi connectivity index (χ0v) is 21.5. The Kier molecular flexibility index (Phi) is 7.33. The number of rotatable bonds is 9. The molecule has 5 aromatic rings. The number of hydrogen-bond acceptors (Lipinski definition) is 5. The second-order valence-electron chi connectivity index (χ2n) is 8.68. The number of para-hydroxylation sites is 1. The van der Waals surface area contributed by atoms with Gasteiger partial charge >= 0.3 is 0 Å². The number of benzene rings is 4. The number of aryl methyl sites for hydroxylation is 1. The standard InChI is InChI=1S/C30H26N4O3S/c1-23-12-18-29(19-13-23)38(35,36)33-31-20-26-21-34(27-10-6-3-7-11-27)32-30(26)25-14-16-28(17-15-25)37-22-24-8-4-2-5-9-24/h2-21,33H,22H2,1H3. The molecule has 0 aliphatic heterocycles. The largest absolute Gasteiger partial charge is 0.489 e. The lowest BCUT2D eigenvalue weighted by molar-refractivity contribution is 0.306. The molecule has 0 unspecified atom stereocenters. The summed E-state index contributed by atoms with van der Waals surface area (Å²) < 4.78 is 33.0. The van der Waals surface area contributed by atoms with Crippen LogP contribution in [0.2, 0.25) is 0 Å². The third-order valence-corrected chi connectivity index (χ3v) is 7.09. The Hall–Kier alpha value is -4.69. The second kappa shape index (κ2) is 11.1.